The van der Waals surface area contributed by atoms with Gasteiger partial charge in [-0.3, -0.25) is 0 Å². The monoisotopic (exact) mass is 370 g/mol. The molecule has 0 saturated carbocycles. The molecule has 0 heterocycles. The van der Waals surface area contributed by atoms with E-state index in [-0.39, 0.29) is 6.29 Å². The number of unbranched alkanes of at least 4 members (excludes halogenated alkanes) is 10. The first-order valence-electron chi connectivity index (χ1n) is 11.5. The molecule has 1 unspecified atom stereocenters. The molecule has 0 saturated heterocycles. The number of rotatable bonds is 20. The summed E-state index contributed by atoms with van der Waals surface area (Å²) in [6.07, 6.45) is 18.8. The SMILES string of the molecule is CCCCCCC[CH2][Al]([CH2]CCCCCCC)[O]C(CC)OCCC. The van der Waals surface area contributed by atoms with E-state index in [1.807, 2.05) is 0 Å². The van der Waals surface area contributed by atoms with E-state index in [1.54, 1.807) is 0 Å². The predicted molar refractivity (Wildman–Crippen MR) is 114 cm³/mol. The molecule has 0 aliphatic rings. The van der Waals surface area contributed by atoms with E-state index in [0.29, 0.717) is 0 Å². The van der Waals surface area contributed by atoms with Crippen LogP contribution >= 0.6 is 0 Å². The highest BCUT2D eigenvalue weighted by atomic mass is 27.2. The van der Waals surface area contributed by atoms with E-state index in [1.165, 1.54) is 87.6 Å². The third kappa shape index (κ3) is 17.6. The van der Waals surface area contributed by atoms with Gasteiger partial charge in [0.25, 0.3) is 0 Å². The normalized spacial score (nSPS) is 12.5. The Bertz CT molecular complexity index is 232. The third-order valence-corrected chi connectivity index (χ3v) is 7.74. The summed E-state index contributed by atoms with van der Waals surface area (Å²) in [5.41, 5.74) is 0. The Balaban J connectivity index is 4.06. The topological polar surface area (TPSA) is 18.5 Å². The molecule has 0 aliphatic carbocycles. The second-order valence-corrected chi connectivity index (χ2v) is 10.3. The quantitative estimate of drug-likeness (QED) is 0.123. The van der Waals surface area contributed by atoms with Crippen LogP contribution in [0.1, 0.15) is 118 Å². The van der Waals surface area contributed by atoms with Crippen LogP contribution in [0.2, 0.25) is 10.6 Å². The second kappa shape index (κ2) is 20.8. The van der Waals surface area contributed by atoms with E-state index in [0.717, 1.165) is 19.4 Å². The van der Waals surface area contributed by atoms with E-state index in [4.69, 9.17) is 8.53 Å². The highest BCUT2D eigenvalue weighted by Gasteiger charge is 2.23. The van der Waals surface area contributed by atoms with Crippen LogP contribution in [0.4, 0.5) is 0 Å². The van der Waals surface area contributed by atoms with Gasteiger partial charge in [0, 0.05) is 6.61 Å². The highest BCUT2D eigenvalue weighted by molar-refractivity contribution is 6.51. The predicted octanol–water partition coefficient (Wildman–Crippen LogP) is 7.88. The van der Waals surface area contributed by atoms with Gasteiger partial charge in [-0.25, -0.2) is 0 Å². The van der Waals surface area contributed by atoms with Crippen molar-refractivity contribution in [3.8, 4) is 0 Å². The minimum absolute atomic E-state index is 0.0665. The van der Waals surface area contributed by atoms with Crippen LogP contribution in [-0.2, 0) is 8.53 Å². The Kier molecular flexibility index (Phi) is 21.1. The van der Waals surface area contributed by atoms with Crippen LogP contribution < -0.4 is 0 Å². The van der Waals surface area contributed by atoms with Crippen molar-refractivity contribution in [2.75, 3.05) is 6.61 Å². The molecule has 0 spiro atoms. The Morgan fingerprint density at radius 3 is 1.52 bits per heavy atom. The molecular formula is C22H47AlO2. The van der Waals surface area contributed by atoms with Crippen LogP contribution in [0.5, 0.6) is 0 Å². The molecule has 0 radical (unpaired) electrons. The first-order valence-corrected chi connectivity index (χ1v) is 13.7. The van der Waals surface area contributed by atoms with Crippen molar-refractivity contribution in [1.29, 1.82) is 0 Å². The Morgan fingerprint density at radius 1 is 0.600 bits per heavy atom. The minimum atomic E-state index is -1.09. The summed E-state index contributed by atoms with van der Waals surface area (Å²) >= 11 is -1.09. The summed E-state index contributed by atoms with van der Waals surface area (Å²) in [5.74, 6) is 0. The fourth-order valence-corrected chi connectivity index (χ4v) is 6.05. The largest absolute Gasteiger partial charge is 0.478 e. The molecule has 0 amide bonds. The van der Waals surface area contributed by atoms with Crippen LogP contribution in [-0.4, -0.2) is 27.4 Å². The van der Waals surface area contributed by atoms with E-state index in [9.17, 15) is 0 Å². The fourth-order valence-electron chi connectivity index (χ4n) is 3.30. The van der Waals surface area contributed by atoms with Crippen molar-refractivity contribution in [2.24, 2.45) is 0 Å². The minimum Gasteiger partial charge on any atom is -0.478 e. The molecule has 2 nitrogen and oxygen atoms in total. The third-order valence-electron chi connectivity index (χ3n) is 4.94. The number of hydrogen-bond donors (Lipinski definition) is 0. The lowest BCUT2D eigenvalue weighted by Crippen LogP contribution is -2.28. The summed E-state index contributed by atoms with van der Waals surface area (Å²) in [7, 11) is 0. The Morgan fingerprint density at radius 2 is 1.08 bits per heavy atom. The van der Waals surface area contributed by atoms with Crippen LogP contribution in [0, 0.1) is 0 Å². The molecule has 0 aromatic heterocycles. The van der Waals surface area contributed by atoms with Gasteiger partial charge in [0.05, 0.1) is 0 Å². The lowest BCUT2D eigenvalue weighted by atomic mass is 10.1. The number of hydrogen-bond acceptors (Lipinski definition) is 2. The maximum Gasteiger partial charge on any atom is 0.462 e. The lowest BCUT2D eigenvalue weighted by molar-refractivity contribution is -0.0845. The summed E-state index contributed by atoms with van der Waals surface area (Å²) < 4.78 is 12.4. The molecular weight excluding hydrogens is 323 g/mol. The average Bonchev–Trinajstić information content (AvgIpc) is 2.63. The average molecular weight is 371 g/mol. The van der Waals surface area contributed by atoms with Crippen LogP contribution in [0.3, 0.4) is 0 Å². The molecule has 0 rings (SSSR count). The molecule has 0 N–H and O–H groups in total. The van der Waals surface area contributed by atoms with Gasteiger partial charge in [-0.05, 0) is 12.8 Å². The standard InChI is InChI=1S/2C8H17.C6H13O2.Al/c2*1-3-5-7-8-6-4-2;1-3-5-8-6(7)4-2;/h2*1,3-8H2,2H3;6H,3-5H2,1-2H3;/q;;-1;+1. The summed E-state index contributed by atoms with van der Waals surface area (Å²) in [5, 5.41) is 2.71. The molecule has 0 aromatic carbocycles. The molecule has 1 atom stereocenters. The van der Waals surface area contributed by atoms with Crippen molar-refractivity contribution in [3.05, 3.63) is 0 Å². The molecule has 3 heteroatoms. The van der Waals surface area contributed by atoms with Crippen LogP contribution in [0.15, 0.2) is 0 Å². The van der Waals surface area contributed by atoms with Crippen molar-refractivity contribution < 1.29 is 8.53 Å². The first kappa shape index (κ1) is 25.5. The summed E-state index contributed by atoms with van der Waals surface area (Å²) in [6.45, 7) is 9.79. The van der Waals surface area contributed by atoms with Gasteiger partial charge >= 0.3 is 14.5 Å². The Hall–Kier alpha value is 0.452. The van der Waals surface area contributed by atoms with Crippen molar-refractivity contribution in [1.82, 2.24) is 0 Å². The van der Waals surface area contributed by atoms with Crippen molar-refractivity contribution in [2.45, 2.75) is 134 Å². The number of ether oxygens (including phenoxy) is 1. The van der Waals surface area contributed by atoms with E-state index in [2.05, 4.69) is 27.7 Å². The summed E-state index contributed by atoms with van der Waals surface area (Å²) in [4.78, 5) is 0. The van der Waals surface area contributed by atoms with Gasteiger partial charge in [0.2, 0.25) is 0 Å². The van der Waals surface area contributed by atoms with Crippen molar-refractivity contribution in [3.63, 3.8) is 0 Å². The zero-order chi connectivity index (χ0) is 18.6. The van der Waals surface area contributed by atoms with Gasteiger partial charge in [-0.2, -0.15) is 0 Å². The van der Waals surface area contributed by atoms with Gasteiger partial charge in [-0.1, -0.05) is 115 Å². The van der Waals surface area contributed by atoms with Gasteiger partial charge in [0.15, 0.2) is 0 Å². The fraction of sp³-hybridized carbons (Fsp3) is 1.00. The van der Waals surface area contributed by atoms with Gasteiger partial charge in [-0.15, -0.1) is 0 Å². The highest BCUT2D eigenvalue weighted by Crippen LogP contribution is 2.18. The van der Waals surface area contributed by atoms with E-state index < -0.39 is 14.5 Å². The molecule has 0 fully saturated rings. The molecule has 25 heavy (non-hydrogen) atoms. The van der Waals surface area contributed by atoms with E-state index >= 15 is 0 Å². The maximum absolute atomic E-state index is 6.47. The molecule has 0 aromatic rings. The van der Waals surface area contributed by atoms with Crippen molar-refractivity contribution >= 4 is 14.5 Å². The smallest absolute Gasteiger partial charge is 0.462 e. The molecule has 150 valence electrons. The summed E-state index contributed by atoms with van der Waals surface area (Å²) in [6, 6.07) is 0. The second-order valence-electron chi connectivity index (χ2n) is 7.58. The lowest BCUT2D eigenvalue weighted by Gasteiger charge is -2.22. The van der Waals surface area contributed by atoms with Gasteiger partial charge < -0.3 is 8.53 Å². The zero-order valence-electron chi connectivity index (χ0n) is 18.0. The molecule has 0 bridgehead atoms. The molecule has 0 aliphatic heterocycles. The first-order chi connectivity index (χ1) is 12.3. The Labute approximate surface area is 164 Å². The maximum atomic E-state index is 6.47. The van der Waals surface area contributed by atoms with Crippen LogP contribution in [0.25, 0.3) is 0 Å². The zero-order valence-corrected chi connectivity index (χ0v) is 19.1. The van der Waals surface area contributed by atoms with Gasteiger partial charge in [0.1, 0.15) is 6.29 Å².